The van der Waals surface area contributed by atoms with E-state index in [1.54, 1.807) is 0 Å². The van der Waals surface area contributed by atoms with E-state index in [1.165, 1.54) is 0 Å². The van der Waals surface area contributed by atoms with Crippen molar-refractivity contribution in [2.45, 2.75) is 38.1 Å². The van der Waals surface area contributed by atoms with Gasteiger partial charge in [-0.15, -0.1) is 0 Å². The number of hydrogen-bond acceptors (Lipinski definition) is 6. The van der Waals surface area contributed by atoms with Crippen LogP contribution in [0.1, 0.15) is 42.5 Å². The van der Waals surface area contributed by atoms with Gasteiger partial charge in [0.1, 0.15) is 0 Å². The summed E-state index contributed by atoms with van der Waals surface area (Å²) in [6.45, 7) is -0.676. The van der Waals surface area contributed by atoms with Crippen molar-refractivity contribution in [2.75, 3.05) is 6.61 Å². The number of nitrogens with zero attached hydrogens (tertiary/aromatic N) is 1. The molecule has 140 valence electrons. The zero-order chi connectivity index (χ0) is 19.1. The summed E-state index contributed by atoms with van der Waals surface area (Å²) in [6, 6.07) is 2.65. The molecule has 0 spiro atoms. The normalized spacial score (nSPS) is 14.3. The van der Waals surface area contributed by atoms with Crippen molar-refractivity contribution in [3.63, 3.8) is 0 Å². The molecule has 2 rings (SSSR count). The summed E-state index contributed by atoms with van der Waals surface area (Å²) >= 11 is 5.81. The molecule has 0 heterocycles. The molecule has 26 heavy (non-hydrogen) atoms. The second-order valence-corrected chi connectivity index (χ2v) is 6.26. The molecule has 1 aliphatic carbocycles. The van der Waals surface area contributed by atoms with Gasteiger partial charge in [-0.05, 0) is 18.9 Å². The highest BCUT2D eigenvalue weighted by Gasteiger charge is 2.19. The number of halogens is 1. The van der Waals surface area contributed by atoms with E-state index in [0.717, 1.165) is 50.3 Å². The lowest BCUT2D eigenvalue weighted by molar-refractivity contribution is -0.384. The van der Waals surface area contributed by atoms with Gasteiger partial charge < -0.3 is 10.1 Å². The van der Waals surface area contributed by atoms with Crippen LogP contribution in [-0.4, -0.2) is 35.5 Å². The highest BCUT2D eigenvalue weighted by atomic mass is 35.5. The molecule has 0 saturated heterocycles. The monoisotopic (exact) mass is 383 g/mol. The number of benzene rings is 1. The highest BCUT2D eigenvalue weighted by molar-refractivity contribution is 6.33. The lowest BCUT2D eigenvalue weighted by atomic mass is 9.96. The number of urea groups is 1. The predicted molar refractivity (Wildman–Crippen MR) is 91.9 cm³/mol. The van der Waals surface area contributed by atoms with Crippen LogP contribution in [0.15, 0.2) is 18.2 Å². The maximum atomic E-state index is 11.9. The van der Waals surface area contributed by atoms with Gasteiger partial charge in [0.15, 0.2) is 6.61 Å². The topological polar surface area (TPSA) is 128 Å². The van der Waals surface area contributed by atoms with Crippen molar-refractivity contribution in [3.05, 3.63) is 38.9 Å². The summed E-state index contributed by atoms with van der Waals surface area (Å²) in [5.41, 5.74) is -0.389. The molecule has 9 nitrogen and oxygen atoms in total. The zero-order valence-electron chi connectivity index (χ0n) is 13.8. The average molecular weight is 384 g/mol. The molecule has 0 radical (unpaired) electrons. The van der Waals surface area contributed by atoms with Gasteiger partial charge >= 0.3 is 12.0 Å². The molecular formula is C16H18ClN3O6. The van der Waals surface area contributed by atoms with Gasteiger partial charge in [0.25, 0.3) is 11.6 Å². The fourth-order valence-corrected chi connectivity index (χ4v) is 2.88. The van der Waals surface area contributed by atoms with Crippen molar-refractivity contribution in [3.8, 4) is 0 Å². The van der Waals surface area contributed by atoms with Crippen LogP contribution in [-0.2, 0) is 9.53 Å². The Hall–Kier alpha value is -2.68. The number of carbonyl (C=O) groups is 3. The van der Waals surface area contributed by atoms with Crippen molar-refractivity contribution >= 4 is 35.2 Å². The lowest BCUT2D eigenvalue weighted by Crippen LogP contribution is -2.46. The van der Waals surface area contributed by atoms with E-state index < -0.39 is 29.4 Å². The smallest absolute Gasteiger partial charge is 0.340 e. The van der Waals surface area contributed by atoms with Crippen LogP contribution >= 0.6 is 11.6 Å². The Morgan fingerprint density at radius 3 is 2.54 bits per heavy atom. The number of imide groups is 1. The van der Waals surface area contributed by atoms with Crippen LogP contribution in [0.2, 0.25) is 5.02 Å². The molecule has 0 aromatic heterocycles. The minimum Gasteiger partial charge on any atom is -0.452 e. The first kappa shape index (κ1) is 19.6. The summed E-state index contributed by atoms with van der Waals surface area (Å²) in [4.78, 5) is 45.3. The molecule has 1 saturated carbocycles. The third kappa shape index (κ3) is 5.69. The quantitative estimate of drug-likeness (QED) is 0.457. The van der Waals surface area contributed by atoms with Gasteiger partial charge in [-0.3, -0.25) is 20.2 Å². The lowest BCUT2D eigenvalue weighted by Gasteiger charge is -2.22. The second kappa shape index (κ2) is 9.14. The first-order chi connectivity index (χ1) is 12.4. The molecule has 1 aromatic carbocycles. The Morgan fingerprint density at radius 1 is 1.23 bits per heavy atom. The number of esters is 1. The number of nitrogens with one attached hydrogen (secondary N) is 2. The molecule has 2 N–H and O–H groups in total. The van der Waals surface area contributed by atoms with Crippen molar-refractivity contribution in [1.29, 1.82) is 0 Å². The summed E-state index contributed by atoms with van der Waals surface area (Å²) in [7, 11) is 0. The molecule has 1 aromatic rings. The van der Waals surface area contributed by atoms with E-state index in [2.05, 4.69) is 10.6 Å². The van der Waals surface area contributed by atoms with E-state index >= 15 is 0 Å². The SMILES string of the molecule is O=C(COC(=O)c1ccc([N+](=O)[O-])cc1Cl)NC(=O)NC1CCCCC1. The fourth-order valence-electron chi connectivity index (χ4n) is 2.62. The standard InChI is InChI=1S/C16H18ClN3O6/c17-13-8-11(20(24)25)6-7-12(13)15(22)26-9-14(21)19-16(23)18-10-4-2-1-3-5-10/h6-8,10H,1-5,9H2,(H2,18,19,21,23). The highest BCUT2D eigenvalue weighted by Crippen LogP contribution is 2.23. The van der Waals surface area contributed by atoms with Crippen LogP contribution in [0.25, 0.3) is 0 Å². The molecule has 0 bridgehead atoms. The van der Waals surface area contributed by atoms with Gasteiger partial charge in [-0.1, -0.05) is 30.9 Å². The molecule has 0 aliphatic heterocycles. The average Bonchev–Trinajstić information content (AvgIpc) is 2.60. The Labute approximate surface area is 154 Å². The Morgan fingerprint density at radius 2 is 1.92 bits per heavy atom. The number of ether oxygens (including phenoxy) is 1. The summed E-state index contributed by atoms with van der Waals surface area (Å²) < 4.78 is 4.78. The van der Waals surface area contributed by atoms with Gasteiger partial charge in [0.2, 0.25) is 0 Å². The molecule has 1 aliphatic rings. The number of carbonyl (C=O) groups excluding carboxylic acids is 3. The first-order valence-corrected chi connectivity index (χ1v) is 8.46. The van der Waals surface area contributed by atoms with Crippen LogP contribution < -0.4 is 10.6 Å². The molecule has 3 amide bonds. The number of non-ortho nitro benzene ring substituents is 1. The van der Waals surface area contributed by atoms with E-state index in [-0.39, 0.29) is 22.3 Å². The number of rotatable bonds is 5. The Balaban J connectivity index is 1.80. The van der Waals surface area contributed by atoms with Crippen molar-refractivity contribution in [2.24, 2.45) is 0 Å². The maximum Gasteiger partial charge on any atom is 0.340 e. The number of amides is 3. The van der Waals surface area contributed by atoms with Crippen LogP contribution in [0, 0.1) is 10.1 Å². The van der Waals surface area contributed by atoms with E-state index in [4.69, 9.17) is 16.3 Å². The molecule has 10 heteroatoms. The van der Waals surface area contributed by atoms with E-state index in [1.807, 2.05) is 0 Å². The molecule has 0 unspecified atom stereocenters. The summed E-state index contributed by atoms with van der Waals surface area (Å²) in [5.74, 6) is -1.71. The van der Waals surface area contributed by atoms with Crippen LogP contribution in [0.5, 0.6) is 0 Å². The Kier molecular flexibility index (Phi) is 6.90. The Bertz CT molecular complexity index is 718. The maximum absolute atomic E-state index is 11.9. The summed E-state index contributed by atoms with van der Waals surface area (Å²) in [6.07, 6.45) is 4.95. The van der Waals surface area contributed by atoms with Gasteiger partial charge in [0.05, 0.1) is 15.5 Å². The van der Waals surface area contributed by atoms with E-state index in [9.17, 15) is 24.5 Å². The first-order valence-electron chi connectivity index (χ1n) is 8.08. The predicted octanol–water partition coefficient (Wildman–Crippen LogP) is 2.56. The number of nitro benzene ring substituents is 1. The number of nitro groups is 1. The minimum atomic E-state index is -0.923. The minimum absolute atomic E-state index is 0.0398. The van der Waals surface area contributed by atoms with Gasteiger partial charge in [-0.2, -0.15) is 0 Å². The summed E-state index contributed by atoms with van der Waals surface area (Å²) in [5, 5.41) is 15.3. The van der Waals surface area contributed by atoms with Crippen molar-refractivity contribution < 1.29 is 24.0 Å². The largest absolute Gasteiger partial charge is 0.452 e. The zero-order valence-corrected chi connectivity index (χ0v) is 14.6. The van der Waals surface area contributed by atoms with E-state index in [0.29, 0.717) is 0 Å². The van der Waals surface area contributed by atoms with Crippen LogP contribution in [0.3, 0.4) is 0 Å². The third-order valence-corrected chi connectivity index (χ3v) is 4.22. The van der Waals surface area contributed by atoms with Gasteiger partial charge in [0, 0.05) is 18.2 Å². The third-order valence-electron chi connectivity index (χ3n) is 3.91. The number of hydrogen-bond donors (Lipinski definition) is 2. The molecular weight excluding hydrogens is 366 g/mol. The molecule has 0 atom stereocenters. The molecule has 1 fully saturated rings. The second-order valence-electron chi connectivity index (χ2n) is 5.85. The fraction of sp³-hybridized carbons (Fsp3) is 0.438. The van der Waals surface area contributed by atoms with Crippen molar-refractivity contribution in [1.82, 2.24) is 10.6 Å². The van der Waals surface area contributed by atoms with Crippen LogP contribution in [0.4, 0.5) is 10.5 Å². The van der Waals surface area contributed by atoms with Gasteiger partial charge in [-0.25, -0.2) is 9.59 Å².